The summed E-state index contributed by atoms with van der Waals surface area (Å²) in [6.45, 7) is 0. The molecule has 0 aromatic heterocycles. The first-order valence-corrected chi connectivity index (χ1v) is 6.73. The highest BCUT2D eigenvalue weighted by Crippen LogP contribution is 2.15. The molecule has 0 atom stereocenters. The van der Waals surface area contributed by atoms with Gasteiger partial charge in [0.05, 0.1) is 0 Å². The van der Waals surface area contributed by atoms with Gasteiger partial charge in [-0.1, -0.05) is 46.3 Å². The monoisotopic (exact) mass is 334 g/mol. The van der Waals surface area contributed by atoms with Crippen LogP contribution in [-0.2, 0) is 0 Å². The van der Waals surface area contributed by atoms with Crippen LogP contribution in [0.1, 0.15) is 15.9 Å². The van der Waals surface area contributed by atoms with Crippen LogP contribution in [0.5, 0.6) is 0 Å². The van der Waals surface area contributed by atoms with E-state index in [0.717, 1.165) is 10.0 Å². The summed E-state index contributed by atoms with van der Waals surface area (Å²) >= 11 is 8.24. The first-order valence-electron chi connectivity index (χ1n) is 5.53. The molecule has 0 aliphatic carbocycles. The minimum Gasteiger partial charge on any atom is -0.389 e. The maximum absolute atomic E-state index is 12.1. The van der Waals surface area contributed by atoms with Crippen molar-refractivity contribution in [3.63, 3.8) is 0 Å². The fourth-order valence-electron chi connectivity index (χ4n) is 1.58. The molecule has 0 unspecified atom stereocenters. The van der Waals surface area contributed by atoms with Gasteiger partial charge in [-0.3, -0.25) is 4.79 Å². The summed E-state index contributed by atoms with van der Waals surface area (Å²) in [4.78, 5) is 12.4. The number of hydrogen-bond donors (Lipinski definition) is 2. The molecule has 0 radical (unpaired) electrons. The predicted octanol–water partition coefficient (Wildman–Crippen LogP) is 3.34. The molecule has 2 aromatic rings. The van der Waals surface area contributed by atoms with Crippen molar-refractivity contribution in [2.75, 3.05) is 5.32 Å². The summed E-state index contributed by atoms with van der Waals surface area (Å²) in [6.07, 6.45) is 0. The van der Waals surface area contributed by atoms with E-state index in [0.29, 0.717) is 16.2 Å². The van der Waals surface area contributed by atoms with Crippen LogP contribution in [0.15, 0.2) is 53.0 Å². The number of amides is 1. The van der Waals surface area contributed by atoms with E-state index in [1.807, 2.05) is 12.1 Å². The smallest absolute Gasteiger partial charge is 0.255 e. The van der Waals surface area contributed by atoms with Gasteiger partial charge in [0.1, 0.15) is 4.99 Å². The van der Waals surface area contributed by atoms with Crippen molar-refractivity contribution in [2.24, 2.45) is 5.73 Å². The largest absolute Gasteiger partial charge is 0.389 e. The lowest BCUT2D eigenvalue weighted by molar-refractivity contribution is 0.102. The Labute approximate surface area is 124 Å². The van der Waals surface area contributed by atoms with Crippen LogP contribution in [0, 0.1) is 0 Å². The highest BCUT2D eigenvalue weighted by atomic mass is 79.9. The van der Waals surface area contributed by atoms with Crippen molar-refractivity contribution in [1.82, 2.24) is 0 Å². The minimum absolute atomic E-state index is 0.179. The molecule has 0 saturated carbocycles. The van der Waals surface area contributed by atoms with E-state index in [-0.39, 0.29) is 5.91 Å². The molecule has 1 amide bonds. The van der Waals surface area contributed by atoms with Gasteiger partial charge in [-0.05, 0) is 30.3 Å². The molecule has 2 aromatic carbocycles. The lowest BCUT2D eigenvalue weighted by Gasteiger charge is -2.07. The van der Waals surface area contributed by atoms with Gasteiger partial charge in [0, 0.05) is 21.3 Å². The molecule has 3 N–H and O–H groups in total. The number of benzene rings is 2. The topological polar surface area (TPSA) is 55.1 Å². The molecule has 0 aliphatic heterocycles. The number of rotatable bonds is 3. The lowest BCUT2D eigenvalue weighted by Crippen LogP contribution is -2.13. The fourth-order valence-corrected chi connectivity index (χ4v) is 2.11. The van der Waals surface area contributed by atoms with Crippen LogP contribution in [-0.4, -0.2) is 10.9 Å². The number of carbonyl (C=O) groups is 1. The fraction of sp³-hybridized carbons (Fsp3) is 0. The van der Waals surface area contributed by atoms with Crippen LogP contribution in [0.4, 0.5) is 5.69 Å². The molecule has 96 valence electrons. The summed E-state index contributed by atoms with van der Waals surface area (Å²) in [7, 11) is 0. The Balaban J connectivity index is 2.19. The molecule has 5 heteroatoms. The van der Waals surface area contributed by atoms with E-state index in [9.17, 15) is 4.79 Å². The minimum atomic E-state index is -0.179. The molecular weight excluding hydrogens is 324 g/mol. The Morgan fingerprint density at radius 3 is 2.47 bits per heavy atom. The standard InChI is InChI=1S/C14H11BrN2OS/c15-11-5-1-4-10(7-11)14(18)17-12-6-2-3-9(8-12)13(16)19/h1-8H,(H2,16,19)(H,17,18). The third-order valence-corrected chi connectivity index (χ3v) is 3.22. The summed E-state index contributed by atoms with van der Waals surface area (Å²) in [5.41, 5.74) is 7.52. The van der Waals surface area contributed by atoms with Crippen molar-refractivity contribution in [2.45, 2.75) is 0 Å². The quantitative estimate of drug-likeness (QED) is 0.846. The van der Waals surface area contributed by atoms with E-state index >= 15 is 0 Å². The SMILES string of the molecule is NC(=S)c1cccc(NC(=O)c2cccc(Br)c2)c1. The van der Waals surface area contributed by atoms with E-state index in [1.165, 1.54) is 0 Å². The molecule has 0 spiro atoms. The van der Waals surface area contributed by atoms with Crippen LogP contribution in [0.25, 0.3) is 0 Å². The van der Waals surface area contributed by atoms with Gasteiger partial charge in [-0.15, -0.1) is 0 Å². The van der Waals surface area contributed by atoms with Gasteiger partial charge in [0.25, 0.3) is 5.91 Å². The molecule has 2 rings (SSSR count). The molecule has 0 bridgehead atoms. The Bertz CT molecular complexity index is 643. The number of nitrogens with two attached hydrogens (primary N) is 1. The molecular formula is C14H11BrN2OS. The molecule has 19 heavy (non-hydrogen) atoms. The van der Waals surface area contributed by atoms with Crippen LogP contribution >= 0.6 is 28.1 Å². The summed E-state index contributed by atoms with van der Waals surface area (Å²) in [5, 5.41) is 2.81. The molecule has 0 fully saturated rings. The summed E-state index contributed by atoms with van der Waals surface area (Å²) < 4.78 is 0.858. The Morgan fingerprint density at radius 2 is 1.79 bits per heavy atom. The molecule has 3 nitrogen and oxygen atoms in total. The van der Waals surface area contributed by atoms with E-state index in [2.05, 4.69) is 21.2 Å². The van der Waals surface area contributed by atoms with Crippen molar-refractivity contribution >= 4 is 44.7 Å². The normalized spacial score (nSPS) is 9.95. The van der Waals surface area contributed by atoms with Crippen LogP contribution in [0.3, 0.4) is 0 Å². The average Bonchev–Trinajstić information content (AvgIpc) is 2.39. The second kappa shape index (κ2) is 5.95. The van der Waals surface area contributed by atoms with Gasteiger partial charge in [0.15, 0.2) is 0 Å². The van der Waals surface area contributed by atoms with Crippen LogP contribution in [0.2, 0.25) is 0 Å². The molecule has 0 heterocycles. The highest BCUT2D eigenvalue weighted by molar-refractivity contribution is 9.10. The zero-order valence-electron chi connectivity index (χ0n) is 9.89. The predicted molar refractivity (Wildman–Crippen MR) is 84.4 cm³/mol. The maximum Gasteiger partial charge on any atom is 0.255 e. The van der Waals surface area contributed by atoms with Crippen molar-refractivity contribution in [1.29, 1.82) is 0 Å². The third kappa shape index (κ3) is 3.62. The second-order valence-corrected chi connectivity index (χ2v) is 5.27. The van der Waals surface area contributed by atoms with E-state index in [4.69, 9.17) is 18.0 Å². The highest BCUT2D eigenvalue weighted by Gasteiger charge is 2.07. The zero-order chi connectivity index (χ0) is 13.8. The first kappa shape index (κ1) is 13.7. The third-order valence-electron chi connectivity index (χ3n) is 2.49. The number of carbonyl (C=O) groups excluding carboxylic acids is 1. The summed E-state index contributed by atoms with van der Waals surface area (Å²) in [6, 6.07) is 14.3. The average molecular weight is 335 g/mol. The van der Waals surface area contributed by atoms with E-state index < -0.39 is 0 Å². The van der Waals surface area contributed by atoms with Gasteiger partial charge in [-0.25, -0.2) is 0 Å². The number of halogens is 1. The lowest BCUT2D eigenvalue weighted by atomic mass is 10.1. The van der Waals surface area contributed by atoms with Gasteiger partial charge in [-0.2, -0.15) is 0 Å². The van der Waals surface area contributed by atoms with Crippen molar-refractivity contribution < 1.29 is 4.79 Å². The Kier molecular flexibility index (Phi) is 4.29. The zero-order valence-corrected chi connectivity index (χ0v) is 12.3. The van der Waals surface area contributed by atoms with Crippen molar-refractivity contribution in [3.8, 4) is 0 Å². The Morgan fingerprint density at radius 1 is 1.11 bits per heavy atom. The number of hydrogen-bond acceptors (Lipinski definition) is 2. The summed E-state index contributed by atoms with van der Waals surface area (Å²) in [5.74, 6) is -0.179. The van der Waals surface area contributed by atoms with E-state index in [1.54, 1.807) is 36.4 Å². The number of anilines is 1. The second-order valence-electron chi connectivity index (χ2n) is 3.91. The van der Waals surface area contributed by atoms with Crippen molar-refractivity contribution in [3.05, 3.63) is 64.1 Å². The number of nitrogens with one attached hydrogen (secondary N) is 1. The Hall–Kier alpha value is -1.72. The van der Waals surface area contributed by atoms with Crippen LogP contribution < -0.4 is 11.1 Å². The first-order chi connectivity index (χ1) is 9.06. The number of thiocarbonyl (C=S) groups is 1. The van der Waals surface area contributed by atoms with Gasteiger partial charge in [0.2, 0.25) is 0 Å². The molecule has 0 saturated heterocycles. The maximum atomic E-state index is 12.1. The molecule has 0 aliphatic rings. The van der Waals surface area contributed by atoms with Gasteiger partial charge >= 0.3 is 0 Å². The van der Waals surface area contributed by atoms with Gasteiger partial charge < -0.3 is 11.1 Å².